The molecular formula is C13H17N5O. The molecule has 0 atom stereocenters. The molecule has 0 spiro atoms. The van der Waals surface area contributed by atoms with Gasteiger partial charge in [0.1, 0.15) is 11.6 Å². The lowest BCUT2D eigenvalue weighted by atomic mass is 10.3. The van der Waals surface area contributed by atoms with E-state index in [1.807, 2.05) is 38.1 Å². The summed E-state index contributed by atoms with van der Waals surface area (Å²) in [5.41, 5.74) is 1.02. The normalized spacial score (nSPS) is 10.1. The van der Waals surface area contributed by atoms with Crippen molar-refractivity contribution in [1.29, 1.82) is 0 Å². The zero-order valence-corrected chi connectivity index (χ0v) is 11.5. The predicted molar refractivity (Wildman–Crippen MR) is 75.2 cm³/mol. The van der Waals surface area contributed by atoms with Crippen molar-refractivity contribution in [3.8, 4) is 5.88 Å². The van der Waals surface area contributed by atoms with Crippen LogP contribution in [0.25, 0.3) is 0 Å². The average molecular weight is 259 g/mol. The predicted octanol–water partition coefficient (Wildman–Crippen LogP) is 2.00. The number of pyridine rings is 1. The van der Waals surface area contributed by atoms with Crippen LogP contribution in [0.1, 0.15) is 5.56 Å². The molecule has 2 rings (SSSR count). The Labute approximate surface area is 112 Å². The van der Waals surface area contributed by atoms with Crippen molar-refractivity contribution in [2.75, 3.05) is 31.4 Å². The third-order valence-corrected chi connectivity index (χ3v) is 2.54. The van der Waals surface area contributed by atoms with E-state index in [9.17, 15) is 0 Å². The average Bonchev–Trinajstić information content (AvgIpc) is 2.41. The SMILES string of the molecule is COc1cccc(Nc2ncc(C)c(N(C)C)n2)n1. The zero-order chi connectivity index (χ0) is 13.8. The number of hydrogen-bond acceptors (Lipinski definition) is 6. The lowest BCUT2D eigenvalue weighted by Crippen LogP contribution is -2.14. The van der Waals surface area contributed by atoms with E-state index in [1.54, 1.807) is 19.4 Å². The van der Waals surface area contributed by atoms with Crippen molar-refractivity contribution in [2.24, 2.45) is 0 Å². The van der Waals surface area contributed by atoms with Crippen LogP contribution >= 0.6 is 0 Å². The summed E-state index contributed by atoms with van der Waals surface area (Å²) in [5.74, 6) is 2.58. The van der Waals surface area contributed by atoms with Crippen molar-refractivity contribution in [3.05, 3.63) is 30.0 Å². The summed E-state index contributed by atoms with van der Waals surface area (Å²) in [6.45, 7) is 1.98. The molecule has 0 bridgehead atoms. The molecule has 19 heavy (non-hydrogen) atoms. The second-order valence-electron chi connectivity index (χ2n) is 4.28. The van der Waals surface area contributed by atoms with Crippen molar-refractivity contribution in [2.45, 2.75) is 6.92 Å². The molecular weight excluding hydrogens is 242 g/mol. The van der Waals surface area contributed by atoms with Gasteiger partial charge in [-0.1, -0.05) is 6.07 Å². The van der Waals surface area contributed by atoms with Gasteiger partial charge in [0.15, 0.2) is 0 Å². The smallest absolute Gasteiger partial charge is 0.230 e. The largest absolute Gasteiger partial charge is 0.481 e. The summed E-state index contributed by atoms with van der Waals surface area (Å²) < 4.78 is 5.07. The molecule has 0 saturated heterocycles. The van der Waals surface area contributed by atoms with Crippen molar-refractivity contribution in [3.63, 3.8) is 0 Å². The molecule has 1 N–H and O–H groups in total. The Hall–Kier alpha value is -2.37. The van der Waals surface area contributed by atoms with Gasteiger partial charge in [-0.05, 0) is 13.0 Å². The maximum Gasteiger partial charge on any atom is 0.230 e. The molecule has 0 fully saturated rings. The molecule has 2 aromatic rings. The number of rotatable bonds is 4. The van der Waals surface area contributed by atoms with Gasteiger partial charge in [0.2, 0.25) is 11.8 Å². The van der Waals surface area contributed by atoms with Crippen LogP contribution < -0.4 is 15.0 Å². The van der Waals surface area contributed by atoms with E-state index in [4.69, 9.17) is 4.74 Å². The van der Waals surface area contributed by atoms with Crippen LogP contribution in [-0.2, 0) is 0 Å². The lowest BCUT2D eigenvalue weighted by Gasteiger charge is -2.15. The first kappa shape index (κ1) is 13.1. The van der Waals surface area contributed by atoms with Crippen LogP contribution in [0.4, 0.5) is 17.6 Å². The molecule has 0 aliphatic carbocycles. The molecule has 0 unspecified atom stereocenters. The highest BCUT2D eigenvalue weighted by Gasteiger charge is 2.06. The summed E-state index contributed by atoms with van der Waals surface area (Å²) in [6.07, 6.45) is 1.78. The molecule has 0 radical (unpaired) electrons. The van der Waals surface area contributed by atoms with Gasteiger partial charge in [0.25, 0.3) is 0 Å². The minimum absolute atomic E-state index is 0.509. The van der Waals surface area contributed by atoms with E-state index in [1.165, 1.54) is 0 Å². The van der Waals surface area contributed by atoms with Gasteiger partial charge in [0.05, 0.1) is 7.11 Å². The highest BCUT2D eigenvalue weighted by Crippen LogP contribution is 2.18. The Bertz CT molecular complexity index is 571. The second kappa shape index (κ2) is 5.51. The fourth-order valence-electron chi connectivity index (χ4n) is 1.66. The zero-order valence-electron chi connectivity index (χ0n) is 11.5. The number of ether oxygens (including phenoxy) is 1. The van der Waals surface area contributed by atoms with Crippen LogP contribution in [0.15, 0.2) is 24.4 Å². The van der Waals surface area contributed by atoms with Crippen molar-refractivity contribution in [1.82, 2.24) is 15.0 Å². The number of aryl methyl sites for hydroxylation is 1. The van der Waals surface area contributed by atoms with E-state index >= 15 is 0 Å². The van der Waals surface area contributed by atoms with Gasteiger partial charge in [-0.3, -0.25) is 0 Å². The first-order valence-electron chi connectivity index (χ1n) is 5.89. The summed E-state index contributed by atoms with van der Waals surface area (Å²) >= 11 is 0. The molecule has 100 valence electrons. The highest BCUT2D eigenvalue weighted by molar-refractivity contribution is 5.53. The quantitative estimate of drug-likeness (QED) is 0.906. The van der Waals surface area contributed by atoms with Gasteiger partial charge in [-0.25, -0.2) is 4.98 Å². The van der Waals surface area contributed by atoms with E-state index in [-0.39, 0.29) is 0 Å². The second-order valence-corrected chi connectivity index (χ2v) is 4.28. The van der Waals surface area contributed by atoms with E-state index in [0.717, 1.165) is 11.4 Å². The summed E-state index contributed by atoms with van der Waals surface area (Å²) in [5, 5.41) is 3.06. The topological polar surface area (TPSA) is 63.2 Å². The monoisotopic (exact) mass is 259 g/mol. The van der Waals surface area contributed by atoms with Crippen molar-refractivity contribution < 1.29 is 4.74 Å². The van der Waals surface area contributed by atoms with Crippen LogP contribution in [0, 0.1) is 6.92 Å². The molecule has 0 saturated carbocycles. The Morgan fingerprint density at radius 3 is 2.68 bits per heavy atom. The van der Waals surface area contributed by atoms with Crippen LogP contribution in [0.2, 0.25) is 0 Å². The molecule has 0 aromatic carbocycles. The van der Waals surface area contributed by atoms with Crippen LogP contribution in [-0.4, -0.2) is 36.2 Å². The molecule has 2 aromatic heterocycles. The Morgan fingerprint density at radius 1 is 1.21 bits per heavy atom. The van der Waals surface area contributed by atoms with Gasteiger partial charge in [-0.2, -0.15) is 9.97 Å². The van der Waals surface area contributed by atoms with Gasteiger partial charge < -0.3 is 15.0 Å². The molecule has 0 aliphatic rings. The van der Waals surface area contributed by atoms with Gasteiger partial charge in [-0.15, -0.1) is 0 Å². The van der Waals surface area contributed by atoms with E-state index in [2.05, 4.69) is 20.3 Å². The molecule has 0 aliphatic heterocycles. The summed E-state index contributed by atoms with van der Waals surface area (Å²) in [6, 6.07) is 5.47. The fraction of sp³-hybridized carbons (Fsp3) is 0.308. The van der Waals surface area contributed by atoms with Crippen LogP contribution in [0.5, 0.6) is 5.88 Å². The summed E-state index contributed by atoms with van der Waals surface area (Å²) in [7, 11) is 5.48. The maximum absolute atomic E-state index is 5.07. The molecule has 6 heteroatoms. The molecule has 0 amide bonds. The number of anilines is 3. The number of nitrogens with one attached hydrogen (secondary N) is 1. The minimum Gasteiger partial charge on any atom is -0.481 e. The Kier molecular flexibility index (Phi) is 3.79. The first-order valence-corrected chi connectivity index (χ1v) is 5.89. The molecule has 2 heterocycles. The van der Waals surface area contributed by atoms with Crippen molar-refractivity contribution >= 4 is 17.6 Å². The summed E-state index contributed by atoms with van der Waals surface area (Å²) in [4.78, 5) is 14.9. The maximum atomic E-state index is 5.07. The van der Waals surface area contributed by atoms with Crippen LogP contribution in [0.3, 0.4) is 0 Å². The minimum atomic E-state index is 0.509. The fourth-order valence-corrected chi connectivity index (χ4v) is 1.66. The standard InChI is InChI=1S/C13H17N5O/c1-9-8-14-13(17-12(9)18(2)3)16-10-6-5-7-11(15-10)19-4/h5-8H,1-4H3,(H,14,15,16,17). The first-order chi connectivity index (χ1) is 9.10. The number of hydrogen-bond donors (Lipinski definition) is 1. The lowest BCUT2D eigenvalue weighted by molar-refractivity contribution is 0.398. The third-order valence-electron chi connectivity index (χ3n) is 2.54. The Balaban J connectivity index is 2.25. The van der Waals surface area contributed by atoms with E-state index < -0.39 is 0 Å². The third kappa shape index (κ3) is 3.09. The molecule has 6 nitrogen and oxygen atoms in total. The van der Waals surface area contributed by atoms with E-state index in [0.29, 0.717) is 17.6 Å². The highest BCUT2D eigenvalue weighted by atomic mass is 16.5. The Morgan fingerprint density at radius 2 is 2.00 bits per heavy atom. The number of aromatic nitrogens is 3. The van der Waals surface area contributed by atoms with Gasteiger partial charge >= 0.3 is 0 Å². The number of methoxy groups -OCH3 is 1. The van der Waals surface area contributed by atoms with Gasteiger partial charge in [0, 0.05) is 31.9 Å². The number of nitrogens with zero attached hydrogens (tertiary/aromatic N) is 4.